The molecule has 0 saturated heterocycles. The quantitative estimate of drug-likeness (QED) is 0.850. The van der Waals surface area contributed by atoms with Crippen molar-refractivity contribution in [2.24, 2.45) is 17.8 Å². The van der Waals surface area contributed by atoms with E-state index in [9.17, 15) is 4.79 Å². The molecule has 2 atom stereocenters. The van der Waals surface area contributed by atoms with Gasteiger partial charge in [0.05, 0.1) is 0 Å². The second kappa shape index (κ2) is 6.07. The van der Waals surface area contributed by atoms with Crippen molar-refractivity contribution in [2.45, 2.75) is 89.2 Å². The van der Waals surface area contributed by atoms with Crippen molar-refractivity contribution in [1.82, 2.24) is 19.5 Å². The number of aromatic amines is 1. The molecule has 2 unspecified atom stereocenters. The maximum absolute atomic E-state index is 13.0. The summed E-state index contributed by atoms with van der Waals surface area (Å²) in [7, 11) is 0. The van der Waals surface area contributed by atoms with Crippen LogP contribution in [0.4, 0.5) is 0 Å². The first-order valence-electron chi connectivity index (χ1n) is 11.3. The van der Waals surface area contributed by atoms with Gasteiger partial charge in [0.25, 0.3) is 11.6 Å². The molecule has 5 saturated carbocycles. The van der Waals surface area contributed by atoms with Crippen molar-refractivity contribution in [1.29, 1.82) is 0 Å². The molecule has 0 radical (unpaired) electrons. The molecule has 5 aliphatic rings. The lowest BCUT2D eigenvalue weighted by Gasteiger charge is -2.32. The first-order chi connectivity index (χ1) is 13.7. The average molecular weight is 383 g/mol. The number of nitrogens with one attached hydrogen (secondary N) is 1. The van der Waals surface area contributed by atoms with Gasteiger partial charge < -0.3 is 9.30 Å². The minimum absolute atomic E-state index is 0.0979. The minimum Gasteiger partial charge on any atom is -0.461 e. The fraction of sp³-hybridized carbons (Fsp3) is 0.773. The van der Waals surface area contributed by atoms with Gasteiger partial charge in [-0.25, -0.2) is 4.98 Å². The van der Waals surface area contributed by atoms with E-state index in [0.717, 1.165) is 49.4 Å². The summed E-state index contributed by atoms with van der Waals surface area (Å²) in [5.41, 5.74) is 1.32. The van der Waals surface area contributed by atoms with Gasteiger partial charge >= 0.3 is 0 Å². The summed E-state index contributed by atoms with van der Waals surface area (Å²) in [5, 5.41) is 0. The lowest BCUT2D eigenvalue weighted by atomic mass is 9.75. The normalized spacial score (nSPS) is 34.1. The fourth-order valence-corrected chi connectivity index (χ4v) is 7.23. The number of ether oxygens (including phenoxy) is 1. The van der Waals surface area contributed by atoms with Gasteiger partial charge in [-0.1, -0.05) is 6.92 Å². The van der Waals surface area contributed by atoms with Crippen LogP contribution in [0.5, 0.6) is 6.01 Å². The lowest BCUT2D eigenvalue weighted by Crippen LogP contribution is -2.32. The van der Waals surface area contributed by atoms with Gasteiger partial charge in [-0.2, -0.15) is 4.98 Å². The predicted octanol–water partition coefficient (Wildman–Crippen LogP) is 3.93. The highest BCUT2D eigenvalue weighted by atomic mass is 16.5. The van der Waals surface area contributed by atoms with E-state index in [2.05, 4.69) is 21.5 Å². The van der Waals surface area contributed by atoms with Crippen LogP contribution in [0.15, 0.2) is 4.79 Å². The van der Waals surface area contributed by atoms with E-state index in [-0.39, 0.29) is 17.1 Å². The Morgan fingerprint density at radius 3 is 2.61 bits per heavy atom. The van der Waals surface area contributed by atoms with Gasteiger partial charge in [-0.15, -0.1) is 0 Å². The molecular weight excluding hydrogens is 352 g/mol. The SMILES string of the molecule is CCCn1c(C23CC4CC(CC2C4)C3)nc2nc(OC3CCCC3)[nH]c(=O)c21. The summed E-state index contributed by atoms with van der Waals surface area (Å²) in [6.07, 6.45) is 12.3. The lowest BCUT2D eigenvalue weighted by molar-refractivity contribution is 0.192. The van der Waals surface area contributed by atoms with Crippen LogP contribution in [0.1, 0.15) is 77.0 Å². The monoisotopic (exact) mass is 382 g/mol. The fourth-order valence-electron chi connectivity index (χ4n) is 7.23. The van der Waals surface area contributed by atoms with E-state index in [0.29, 0.717) is 17.2 Å². The smallest absolute Gasteiger partial charge is 0.298 e. The highest BCUT2D eigenvalue weighted by Gasteiger charge is 2.60. The van der Waals surface area contributed by atoms with Crippen LogP contribution in [-0.4, -0.2) is 25.6 Å². The summed E-state index contributed by atoms with van der Waals surface area (Å²) in [6.45, 7) is 3.01. The third-order valence-corrected chi connectivity index (χ3v) is 8.05. The van der Waals surface area contributed by atoms with E-state index in [1.165, 1.54) is 44.9 Å². The molecule has 5 fully saturated rings. The number of hydrogen-bond acceptors (Lipinski definition) is 4. The molecule has 6 heteroatoms. The average Bonchev–Trinajstić information content (AvgIpc) is 3.39. The number of nitrogens with zero attached hydrogens (tertiary/aromatic N) is 3. The molecule has 28 heavy (non-hydrogen) atoms. The van der Waals surface area contributed by atoms with Crippen LogP contribution >= 0.6 is 0 Å². The number of H-pyrrole nitrogens is 1. The Hall–Kier alpha value is -1.85. The zero-order chi connectivity index (χ0) is 18.9. The number of hydrogen-bond donors (Lipinski definition) is 1. The molecule has 0 spiro atoms. The van der Waals surface area contributed by atoms with Crippen molar-refractivity contribution in [3.63, 3.8) is 0 Å². The van der Waals surface area contributed by atoms with Crippen LogP contribution in [-0.2, 0) is 12.0 Å². The Labute approximate surface area is 165 Å². The second-order valence-corrected chi connectivity index (χ2v) is 9.86. The van der Waals surface area contributed by atoms with Gasteiger partial charge in [-0.05, 0) is 82.0 Å². The largest absolute Gasteiger partial charge is 0.461 e. The maximum Gasteiger partial charge on any atom is 0.298 e. The van der Waals surface area contributed by atoms with E-state index < -0.39 is 0 Å². The number of fused-ring (bicyclic) bond motifs is 1. The highest BCUT2D eigenvalue weighted by Crippen LogP contribution is 2.65. The van der Waals surface area contributed by atoms with E-state index in [4.69, 9.17) is 9.72 Å². The van der Waals surface area contributed by atoms with Crippen molar-refractivity contribution < 1.29 is 4.74 Å². The van der Waals surface area contributed by atoms with E-state index >= 15 is 0 Å². The van der Waals surface area contributed by atoms with Gasteiger partial charge in [0.2, 0.25) is 0 Å². The van der Waals surface area contributed by atoms with Crippen LogP contribution in [0.3, 0.4) is 0 Å². The summed E-state index contributed by atoms with van der Waals surface area (Å²) in [6, 6.07) is 0.354. The highest BCUT2D eigenvalue weighted by molar-refractivity contribution is 5.71. The zero-order valence-corrected chi connectivity index (χ0v) is 16.7. The molecular formula is C22H30N4O2. The molecule has 6 nitrogen and oxygen atoms in total. The van der Waals surface area contributed by atoms with Gasteiger partial charge in [-0.3, -0.25) is 9.78 Å². The topological polar surface area (TPSA) is 72.8 Å². The van der Waals surface area contributed by atoms with Gasteiger partial charge in [0, 0.05) is 12.0 Å². The predicted molar refractivity (Wildman–Crippen MR) is 107 cm³/mol. The molecule has 7 rings (SSSR count). The molecule has 0 amide bonds. The van der Waals surface area contributed by atoms with E-state index in [1.807, 2.05) is 0 Å². The number of aromatic nitrogens is 4. The first kappa shape index (κ1) is 17.0. The molecule has 0 aromatic carbocycles. The van der Waals surface area contributed by atoms with E-state index in [1.54, 1.807) is 0 Å². The Morgan fingerprint density at radius 1 is 1.14 bits per heavy atom. The van der Waals surface area contributed by atoms with Crippen LogP contribution in [0.25, 0.3) is 11.2 Å². The number of imidazole rings is 1. The Morgan fingerprint density at radius 2 is 1.89 bits per heavy atom. The standard InChI is InChI=1S/C22H30N4O2/c1-2-7-26-17-18(24-21(25-19(17)27)28-16-5-3-4-6-16)23-20(26)22-11-13-8-14(12-22)10-15(22)9-13/h13-16H,2-12H2,1H3,(H,24,25,27). The second-order valence-electron chi connectivity index (χ2n) is 9.86. The molecule has 0 aliphatic heterocycles. The third-order valence-electron chi connectivity index (χ3n) is 8.05. The number of rotatable bonds is 5. The van der Waals surface area contributed by atoms with Gasteiger partial charge in [0.1, 0.15) is 11.9 Å². The van der Waals surface area contributed by atoms with Crippen molar-refractivity contribution in [3.05, 3.63) is 16.2 Å². The van der Waals surface area contributed by atoms with Crippen molar-refractivity contribution in [2.75, 3.05) is 0 Å². The summed E-state index contributed by atoms with van der Waals surface area (Å²) >= 11 is 0. The van der Waals surface area contributed by atoms with Crippen LogP contribution < -0.4 is 10.3 Å². The van der Waals surface area contributed by atoms with Crippen LogP contribution in [0.2, 0.25) is 0 Å². The summed E-state index contributed by atoms with van der Waals surface area (Å²) in [4.78, 5) is 25.6. The molecule has 2 aromatic rings. The summed E-state index contributed by atoms with van der Waals surface area (Å²) < 4.78 is 8.20. The third kappa shape index (κ3) is 2.35. The van der Waals surface area contributed by atoms with Crippen LogP contribution in [0, 0.1) is 17.8 Å². The Kier molecular flexibility index (Phi) is 3.70. The zero-order valence-electron chi connectivity index (χ0n) is 16.7. The van der Waals surface area contributed by atoms with Crippen molar-refractivity contribution >= 4 is 11.2 Å². The van der Waals surface area contributed by atoms with Crippen molar-refractivity contribution in [3.8, 4) is 6.01 Å². The minimum atomic E-state index is -0.0979. The molecule has 2 aromatic heterocycles. The molecule has 4 bridgehead atoms. The first-order valence-corrected chi connectivity index (χ1v) is 11.3. The summed E-state index contributed by atoms with van der Waals surface area (Å²) in [5.74, 6) is 3.62. The number of aryl methyl sites for hydroxylation is 1. The molecule has 150 valence electrons. The van der Waals surface area contributed by atoms with Gasteiger partial charge in [0.15, 0.2) is 11.2 Å². The molecule has 2 heterocycles. The maximum atomic E-state index is 13.0. The Bertz CT molecular complexity index is 957. The molecule has 5 aliphatic carbocycles. The Balaban J connectivity index is 1.47. The molecule has 1 N–H and O–H groups in total.